The summed E-state index contributed by atoms with van der Waals surface area (Å²) in [7, 11) is 0. The summed E-state index contributed by atoms with van der Waals surface area (Å²) in [5.41, 5.74) is 10.6. The first-order valence-corrected chi connectivity index (χ1v) is 11.0. The molecule has 2 aliphatic heterocycles. The van der Waals surface area contributed by atoms with Crippen molar-refractivity contribution in [3.05, 3.63) is 113 Å². The van der Waals surface area contributed by atoms with Gasteiger partial charge in [0.05, 0.1) is 5.56 Å². The molecule has 0 aliphatic carbocycles. The number of fused-ring (bicyclic) bond motifs is 6. The Kier molecular flexibility index (Phi) is 4.20. The quantitative estimate of drug-likeness (QED) is 0.317. The Morgan fingerprint density at radius 3 is 2.39 bits per heavy atom. The average Bonchev–Trinajstić information content (AvgIpc) is 3.14. The number of esters is 1. The zero-order valence-corrected chi connectivity index (χ0v) is 18.1. The van der Waals surface area contributed by atoms with Crippen LogP contribution in [0.15, 0.2) is 91.0 Å². The first kappa shape index (κ1) is 19.4. The number of nitrogens with two attached hydrogens (primary N) is 1. The van der Waals surface area contributed by atoms with Crippen molar-refractivity contribution < 1.29 is 14.3 Å². The molecule has 4 aromatic carbocycles. The van der Waals surface area contributed by atoms with Crippen LogP contribution in [0.2, 0.25) is 0 Å². The maximum Gasteiger partial charge on any atom is 0.340 e. The summed E-state index contributed by atoms with van der Waals surface area (Å²) in [6.45, 7) is 2.90. The second kappa shape index (κ2) is 7.14. The van der Waals surface area contributed by atoms with Crippen LogP contribution in [0, 0.1) is 0 Å². The first-order valence-electron chi connectivity index (χ1n) is 11.0. The summed E-state index contributed by atoms with van der Waals surface area (Å²) < 4.78 is 12.6. The fourth-order valence-electron chi connectivity index (χ4n) is 4.97. The number of carbonyl (C=O) groups excluding carboxylic acids is 1. The lowest BCUT2D eigenvalue weighted by atomic mass is 9.77. The number of nitrogens with zero attached hydrogens (tertiary/aromatic N) is 1. The Morgan fingerprint density at radius 1 is 0.788 bits per heavy atom. The van der Waals surface area contributed by atoms with Crippen molar-refractivity contribution in [2.45, 2.75) is 12.5 Å². The smallest absolute Gasteiger partial charge is 0.340 e. The first-order chi connectivity index (χ1) is 16.1. The van der Waals surface area contributed by atoms with E-state index in [4.69, 9.17) is 15.2 Å². The van der Waals surface area contributed by atoms with E-state index in [-0.39, 0.29) is 5.97 Å². The van der Waals surface area contributed by atoms with Crippen LogP contribution in [0.5, 0.6) is 11.5 Å². The maximum absolute atomic E-state index is 12.9. The lowest BCUT2D eigenvalue weighted by Crippen LogP contribution is -2.33. The molecule has 33 heavy (non-hydrogen) atoms. The predicted octanol–water partition coefficient (Wildman–Crippen LogP) is 5.99. The Balaban J connectivity index is 1.58. The van der Waals surface area contributed by atoms with Crippen LogP contribution in [-0.2, 0) is 10.3 Å². The molecule has 2 aliphatic rings. The molecule has 5 nitrogen and oxygen atoms in total. The van der Waals surface area contributed by atoms with Gasteiger partial charge in [-0.25, -0.2) is 4.79 Å². The molecule has 162 valence electrons. The summed E-state index contributed by atoms with van der Waals surface area (Å²) in [5.74, 6) is 0.931. The molecule has 0 fully saturated rings. The second-order valence-corrected chi connectivity index (χ2v) is 8.23. The fourth-order valence-corrected chi connectivity index (χ4v) is 4.97. The van der Waals surface area contributed by atoms with Gasteiger partial charge in [0.1, 0.15) is 11.5 Å². The highest BCUT2D eigenvalue weighted by Crippen LogP contribution is 2.56. The topological polar surface area (TPSA) is 64.8 Å². The molecule has 0 saturated heterocycles. The van der Waals surface area contributed by atoms with Gasteiger partial charge in [0.15, 0.2) is 5.60 Å². The van der Waals surface area contributed by atoms with Crippen LogP contribution in [0.4, 0.5) is 17.1 Å². The zero-order valence-electron chi connectivity index (χ0n) is 18.1. The molecule has 1 unspecified atom stereocenters. The Labute approximate surface area is 192 Å². The third-order valence-electron chi connectivity index (χ3n) is 6.42. The highest BCUT2D eigenvalue weighted by Gasteiger charge is 2.53. The van der Waals surface area contributed by atoms with E-state index in [9.17, 15) is 4.79 Å². The van der Waals surface area contributed by atoms with Crippen molar-refractivity contribution in [3.63, 3.8) is 0 Å². The molecule has 4 aromatic rings. The number of hydrogen-bond acceptors (Lipinski definition) is 5. The van der Waals surface area contributed by atoms with Crippen molar-refractivity contribution in [2.24, 2.45) is 0 Å². The summed E-state index contributed by atoms with van der Waals surface area (Å²) in [6, 6.07) is 29.3. The molecule has 1 spiro atoms. The largest absolute Gasteiger partial charge is 0.456 e. The molecule has 1 atom stereocenters. The Bertz CT molecular complexity index is 1400. The lowest BCUT2D eigenvalue weighted by molar-refractivity contribution is 0.0224. The van der Waals surface area contributed by atoms with Crippen LogP contribution in [0.25, 0.3) is 0 Å². The van der Waals surface area contributed by atoms with Crippen LogP contribution < -0.4 is 15.4 Å². The third-order valence-corrected chi connectivity index (χ3v) is 6.42. The van der Waals surface area contributed by atoms with Crippen molar-refractivity contribution in [2.75, 3.05) is 17.2 Å². The number of benzene rings is 4. The molecule has 0 amide bonds. The molecule has 5 heteroatoms. The summed E-state index contributed by atoms with van der Waals surface area (Å²) in [4.78, 5) is 15.2. The van der Waals surface area contributed by atoms with Gasteiger partial charge in [0, 0.05) is 46.4 Å². The van der Waals surface area contributed by atoms with Gasteiger partial charge < -0.3 is 20.1 Å². The van der Waals surface area contributed by atoms with Gasteiger partial charge >= 0.3 is 5.97 Å². The number of ether oxygens (including phenoxy) is 2. The molecule has 6 rings (SSSR count). The van der Waals surface area contributed by atoms with Crippen molar-refractivity contribution in [3.8, 4) is 11.5 Å². The number of rotatable bonds is 3. The van der Waals surface area contributed by atoms with Crippen molar-refractivity contribution in [1.82, 2.24) is 0 Å². The van der Waals surface area contributed by atoms with Gasteiger partial charge in [-0.15, -0.1) is 0 Å². The van der Waals surface area contributed by atoms with E-state index < -0.39 is 5.60 Å². The summed E-state index contributed by atoms with van der Waals surface area (Å²) in [6.07, 6.45) is 0. The molecule has 2 heterocycles. The van der Waals surface area contributed by atoms with E-state index >= 15 is 0 Å². The average molecular weight is 434 g/mol. The number of nitrogen functional groups attached to an aromatic ring is 1. The molecular formula is C28H22N2O3. The number of hydrogen-bond donors (Lipinski definition) is 1. The molecular weight excluding hydrogens is 412 g/mol. The minimum absolute atomic E-state index is 0.352. The second-order valence-electron chi connectivity index (χ2n) is 8.23. The van der Waals surface area contributed by atoms with Crippen LogP contribution in [0.3, 0.4) is 0 Å². The minimum atomic E-state index is -1.10. The van der Waals surface area contributed by atoms with E-state index in [0.717, 1.165) is 34.6 Å². The molecule has 0 radical (unpaired) electrons. The van der Waals surface area contributed by atoms with Crippen molar-refractivity contribution in [1.29, 1.82) is 0 Å². The highest BCUT2D eigenvalue weighted by atomic mass is 16.6. The van der Waals surface area contributed by atoms with Gasteiger partial charge in [-0.1, -0.05) is 36.4 Å². The molecule has 0 bridgehead atoms. The van der Waals surface area contributed by atoms with Crippen LogP contribution in [0.1, 0.15) is 34.0 Å². The third kappa shape index (κ3) is 2.75. The highest BCUT2D eigenvalue weighted by molar-refractivity contribution is 5.97. The zero-order chi connectivity index (χ0) is 22.6. The van der Waals surface area contributed by atoms with E-state index in [1.54, 1.807) is 12.1 Å². The number of para-hydroxylation sites is 1. The minimum Gasteiger partial charge on any atom is -0.456 e. The van der Waals surface area contributed by atoms with Gasteiger partial charge in [0.25, 0.3) is 0 Å². The van der Waals surface area contributed by atoms with Gasteiger partial charge in [-0.3, -0.25) is 0 Å². The summed E-state index contributed by atoms with van der Waals surface area (Å²) in [5, 5.41) is 0. The standard InChI is InChI=1S/C28H22N2O3/c1-2-30(19-8-4-3-5-9-19)20-13-14-23-26(17-20)32-25-15-12-18(29)16-24(25)28(23)22-11-7-6-10-21(22)27(31)33-28/h3-17H,2,29H2,1H3. The van der Waals surface area contributed by atoms with Gasteiger partial charge in [-0.2, -0.15) is 0 Å². The normalized spacial score (nSPS) is 17.5. The number of carbonyl (C=O) groups is 1. The van der Waals surface area contributed by atoms with E-state index in [2.05, 4.69) is 24.0 Å². The van der Waals surface area contributed by atoms with Gasteiger partial charge in [0.2, 0.25) is 0 Å². The van der Waals surface area contributed by atoms with Crippen LogP contribution >= 0.6 is 0 Å². The van der Waals surface area contributed by atoms with Gasteiger partial charge in [-0.05, 0) is 55.5 Å². The molecule has 2 N–H and O–H groups in total. The Hall–Kier alpha value is -4.25. The predicted molar refractivity (Wildman–Crippen MR) is 128 cm³/mol. The van der Waals surface area contributed by atoms with Crippen molar-refractivity contribution >= 4 is 23.0 Å². The van der Waals surface area contributed by atoms with E-state index in [1.165, 1.54) is 0 Å². The van der Waals surface area contributed by atoms with E-state index in [1.807, 2.05) is 66.7 Å². The number of anilines is 3. The van der Waals surface area contributed by atoms with Crippen LogP contribution in [-0.4, -0.2) is 12.5 Å². The van der Waals surface area contributed by atoms with E-state index in [0.29, 0.717) is 22.7 Å². The SMILES string of the molecule is CCN(c1ccccc1)c1ccc2c(c1)Oc1ccc(N)cc1C21OC(=O)c2ccccc21. The summed E-state index contributed by atoms with van der Waals surface area (Å²) >= 11 is 0. The molecule has 0 aromatic heterocycles. The fraction of sp³-hybridized carbons (Fsp3) is 0.107. The maximum atomic E-state index is 12.9. The Morgan fingerprint density at radius 2 is 1.58 bits per heavy atom. The molecule has 0 saturated carbocycles. The monoisotopic (exact) mass is 434 g/mol. The lowest BCUT2D eigenvalue weighted by Gasteiger charge is -2.37.